The number of hydrogen-bond acceptors (Lipinski definition) is 5. The molecule has 1 heterocycles. The van der Waals surface area contributed by atoms with Gasteiger partial charge in [-0.25, -0.2) is 4.98 Å². The second-order valence-electron chi connectivity index (χ2n) is 9.95. The van der Waals surface area contributed by atoms with Gasteiger partial charge in [0, 0.05) is 18.9 Å². The SMILES string of the molecule is CCCCCCCOC(=O)CCCCCCCOC(Cn1cncn1)c1ccc(C2C=CC=CC2)cc1. The lowest BCUT2D eigenvalue weighted by molar-refractivity contribution is -0.143. The van der Waals surface area contributed by atoms with Crippen molar-refractivity contribution in [1.82, 2.24) is 14.8 Å². The van der Waals surface area contributed by atoms with Gasteiger partial charge in [0.05, 0.1) is 13.2 Å². The van der Waals surface area contributed by atoms with Crippen LogP contribution in [0, 0.1) is 0 Å². The van der Waals surface area contributed by atoms with Crippen LogP contribution in [-0.4, -0.2) is 33.9 Å². The maximum absolute atomic E-state index is 11.9. The van der Waals surface area contributed by atoms with Crippen molar-refractivity contribution in [3.63, 3.8) is 0 Å². The van der Waals surface area contributed by atoms with E-state index in [0.717, 1.165) is 51.4 Å². The zero-order valence-electron chi connectivity index (χ0n) is 22.6. The fourth-order valence-corrected chi connectivity index (χ4v) is 4.63. The molecule has 202 valence electrons. The Labute approximate surface area is 223 Å². The van der Waals surface area contributed by atoms with Crippen molar-refractivity contribution in [2.45, 2.75) is 103 Å². The third-order valence-corrected chi connectivity index (χ3v) is 6.89. The molecule has 6 nitrogen and oxygen atoms in total. The minimum atomic E-state index is -0.0608. The van der Waals surface area contributed by atoms with Crippen molar-refractivity contribution in [3.8, 4) is 0 Å². The highest BCUT2D eigenvalue weighted by atomic mass is 16.5. The number of rotatable bonds is 19. The van der Waals surface area contributed by atoms with Gasteiger partial charge in [0.1, 0.15) is 18.8 Å². The van der Waals surface area contributed by atoms with E-state index in [1.807, 2.05) is 4.68 Å². The lowest BCUT2D eigenvalue weighted by Crippen LogP contribution is -2.14. The van der Waals surface area contributed by atoms with Crippen LogP contribution in [0.2, 0.25) is 0 Å². The van der Waals surface area contributed by atoms with Crippen LogP contribution in [0.15, 0.2) is 61.2 Å². The normalized spacial score (nSPS) is 15.6. The average molecular weight is 508 g/mol. The van der Waals surface area contributed by atoms with Crippen molar-refractivity contribution in [1.29, 1.82) is 0 Å². The highest BCUT2D eigenvalue weighted by Gasteiger charge is 2.15. The van der Waals surface area contributed by atoms with E-state index < -0.39 is 0 Å². The van der Waals surface area contributed by atoms with Crippen molar-refractivity contribution in [2.75, 3.05) is 13.2 Å². The molecule has 1 aromatic heterocycles. The molecule has 1 aromatic carbocycles. The second-order valence-corrected chi connectivity index (χ2v) is 9.95. The van der Waals surface area contributed by atoms with Crippen LogP contribution < -0.4 is 0 Å². The molecule has 0 fully saturated rings. The topological polar surface area (TPSA) is 66.2 Å². The number of unbranched alkanes of at least 4 members (excludes halogenated alkanes) is 8. The van der Waals surface area contributed by atoms with Crippen molar-refractivity contribution in [2.24, 2.45) is 0 Å². The Bertz CT molecular complexity index is 922. The molecule has 37 heavy (non-hydrogen) atoms. The highest BCUT2D eigenvalue weighted by molar-refractivity contribution is 5.69. The quantitative estimate of drug-likeness (QED) is 0.146. The number of benzene rings is 1. The number of esters is 1. The summed E-state index contributed by atoms with van der Waals surface area (Å²) in [7, 11) is 0. The van der Waals surface area contributed by atoms with E-state index in [0.29, 0.717) is 32.1 Å². The molecule has 0 amide bonds. The van der Waals surface area contributed by atoms with Crippen molar-refractivity contribution >= 4 is 5.97 Å². The Morgan fingerprint density at radius 2 is 1.73 bits per heavy atom. The van der Waals surface area contributed by atoms with E-state index in [4.69, 9.17) is 9.47 Å². The van der Waals surface area contributed by atoms with Crippen LogP contribution in [0.25, 0.3) is 0 Å². The van der Waals surface area contributed by atoms with Gasteiger partial charge in [-0.05, 0) is 36.8 Å². The van der Waals surface area contributed by atoms with Gasteiger partial charge >= 0.3 is 5.97 Å². The van der Waals surface area contributed by atoms with Crippen LogP contribution in [-0.2, 0) is 20.8 Å². The molecular weight excluding hydrogens is 462 g/mol. The van der Waals surface area contributed by atoms with Crippen LogP contribution in [0.3, 0.4) is 0 Å². The first-order chi connectivity index (χ1) is 18.3. The molecular formula is C31H45N3O3. The van der Waals surface area contributed by atoms with Gasteiger partial charge in [-0.3, -0.25) is 9.48 Å². The minimum Gasteiger partial charge on any atom is -0.466 e. The number of allylic oxidation sites excluding steroid dienone is 4. The standard InChI is InChI=1S/C31H45N3O3/c1-2-3-4-7-14-23-37-31(35)17-12-6-5-8-13-22-36-30(24-34-26-32-25-33-34)29-20-18-28(19-21-29)27-15-10-9-11-16-27/h9-11,15,18-21,25-27,30H,2-8,12-14,16-17,22-24H2,1H3. The van der Waals surface area contributed by atoms with Crippen LogP contribution in [0.4, 0.5) is 0 Å². The fourth-order valence-electron chi connectivity index (χ4n) is 4.63. The van der Waals surface area contributed by atoms with E-state index in [1.54, 1.807) is 12.7 Å². The molecule has 3 rings (SSSR count). The zero-order chi connectivity index (χ0) is 26.0. The number of hydrogen-bond donors (Lipinski definition) is 0. The zero-order valence-corrected chi connectivity index (χ0v) is 22.6. The molecule has 6 heteroatoms. The Balaban J connectivity index is 1.31. The molecule has 0 saturated carbocycles. The van der Waals surface area contributed by atoms with E-state index in [2.05, 4.69) is 65.6 Å². The Kier molecular flexibility index (Phi) is 13.8. The first kappa shape index (κ1) is 28.8. The van der Waals surface area contributed by atoms with E-state index in [9.17, 15) is 4.79 Å². The molecule has 0 N–H and O–H groups in total. The second kappa shape index (κ2) is 17.7. The van der Waals surface area contributed by atoms with Crippen LogP contribution >= 0.6 is 0 Å². The molecule has 0 spiro atoms. The summed E-state index contributed by atoms with van der Waals surface area (Å²) >= 11 is 0. The summed E-state index contributed by atoms with van der Waals surface area (Å²) in [4.78, 5) is 15.9. The maximum atomic E-state index is 11.9. The largest absolute Gasteiger partial charge is 0.466 e. The van der Waals surface area contributed by atoms with Gasteiger partial charge in [-0.2, -0.15) is 5.10 Å². The van der Waals surface area contributed by atoms with Gasteiger partial charge in [0.15, 0.2) is 0 Å². The van der Waals surface area contributed by atoms with Crippen molar-refractivity contribution < 1.29 is 14.3 Å². The van der Waals surface area contributed by atoms with E-state index in [-0.39, 0.29) is 12.1 Å². The maximum Gasteiger partial charge on any atom is 0.305 e. The summed E-state index contributed by atoms with van der Waals surface area (Å²) in [5, 5.41) is 4.27. The Morgan fingerprint density at radius 3 is 2.46 bits per heavy atom. The summed E-state index contributed by atoms with van der Waals surface area (Å²) in [6, 6.07) is 8.82. The minimum absolute atomic E-state index is 0.0447. The van der Waals surface area contributed by atoms with E-state index >= 15 is 0 Å². The van der Waals surface area contributed by atoms with Crippen LogP contribution in [0.5, 0.6) is 0 Å². The summed E-state index contributed by atoms with van der Waals surface area (Å²) in [6.07, 6.45) is 24.6. The van der Waals surface area contributed by atoms with Crippen LogP contribution in [0.1, 0.15) is 107 Å². The summed E-state index contributed by atoms with van der Waals surface area (Å²) < 4.78 is 13.5. The van der Waals surface area contributed by atoms with Gasteiger partial charge < -0.3 is 9.47 Å². The average Bonchev–Trinajstić information content (AvgIpc) is 3.45. The Hall–Kier alpha value is -2.73. The molecule has 2 atom stereocenters. The number of aromatic nitrogens is 3. The van der Waals surface area contributed by atoms with Gasteiger partial charge in [-0.15, -0.1) is 0 Å². The number of carbonyl (C=O) groups is 1. The Morgan fingerprint density at radius 1 is 0.973 bits per heavy atom. The summed E-state index contributed by atoms with van der Waals surface area (Å²) in [5.74, 6) is 0.405. The van der Waals surface area contributed by atoms with Crippen molar-refractivity contribution in [3.05, 3.63) is 72.4 Å². The molecule has 1 aliphatic carbocycles. The lowest BCUT2D eigenvalue weighted by atomic mass is 9.91. The first-order valence-corrected chi connectivity index (χ1v) is 14.3. The number of carbonyl (C=O) groups excluding carboxylic acids is 1. The smallest absolute Gasteiger partial charge is 0.305 e. The molecule has 2 unspecified atom stereocenters. The van der Waals surface area contributed by atoms with Gasteiger partial charge in [-0.1, -0.05) is 100 Å². The molecule has 0 radical (unpaired) electrons. The predicted octanol–water partition coefficient (Wildman–Crippen LogP) is 7.49. The van der Waals surface area contributed by atoms with Gasteiger partial charge in [0.25, 0.3) is 0 Å². The molecule has 1 aliphatic rings. The molecule has 0 bridgehead atoms. The number of nitrogens with zero attached hydrogens (tertiary/aromatic N) is 3. The lowest BCUT2D eigenvalue weighted by Gasteiger charge is -2.20. The fraction of sp³-hybridized carbons (Fsp3) is 0.581. The number of ether oxygens (including phenoxy) is 2. The third-order valence-electron chi connectivity index (χ3n) is 6.89. The predicted molar refractivity (Wildman–Crippen MR) is 148 cm³/mol. The molecule has 2 aromatic rings. The van der Waals surface area contributed by atoms with E-state index in [1.165, 1.54) is 30.4 Å². The third kappa shape index (κ3) is 11.5. The first-order valence-electron chi connectivity index (χ1n) is 14.3. The molecule has 0 saturated heterocycles. The summed E-state index contributed by atoms with van der Waals surface area (Å²) in [5.41, 5.74) is 2.50. The molecule has 0 aliphatic heterocycles. The summed E-state index contributed by atoms with van der Waals surface area (Å²) in [6.45, 7) is 4.13. The monoisotopic (exact) mass is 507 g/mol. The highest BCUT2D eigenvalue weighted by Crippen LogP contribution is 2.27. The van der Waals surface area contributed by atoms with Gasteiger partial charge in [0.2, 0.25) is 0 Å².